The third kappa shape index (κ3) is 5.29. The zero-order valence-corrected chi connectivity index (χ0v) is 18.6. The summed E-state index contributed by atoms with van der Waals surface area (Å²) in [6.07, 6.45) is 6.19. The number of benzene rings is 2. The van der Waals surface area contributed by atoms with E-state index in [0.29, 0.717) is 18.7 Å². The Balaban J connectivity index is 1.38. The van der Waals surface area contributed by atoms with Gasteiger partial charge in [0.1, 0.15) is 11.6 Å². The highest BCUT2D eigenvalue weighted by Crippen LogP contribution is 2.25. The van der Waals surface area contributed by atoms with Crippen molar-refractivity contribution in [1.82, 2.24) is 19.8 Å². The molecule has 0 bridgehead atoms. The lowest BCUT2D eigenvalue weighted by Crippen LogP contribution is -2.33. The largest absolute Gasteiger partial charge is 0.360 e. The summed E-state index contributed by atoms with van der Waals surface area (Å²) in [6.45, 7) is 5.16. The Morgan fingerprint density at radius 3 is 2.58 bits per heavy atom. The van der Waals surface area contributed by atoms with E-state index in [-0.39, 0.29) is 11.6 Å². The molecule has 1 aliphatic rings. The van der Waals surface area contributed by atoms with Gasteiger partial charge < -0.3 is 9.88 Å². The molecule has 1 fully saturated rings. The van der Waals surface area contributed by atoms with Crippen molar-refractivity contribution in [3.05, 3.63) is 89.8 Å². The number of fused-ring (bicyclic) bond motifs is 1. The van der Waals surface area contributed by atoms with E-state index in [9.17, 15) is 8.78 Å². The van der Waals surface area contributed by atoms with Crippen LogP contribution in [0.15, 0.2) is 67.0 Å². The number of hydrogen-bond donors (Lipinski definition) is 1. The first-order valence-corrected chi connectivity index (χ1v) is 11.6. The van der Waals surface area contributed by atoms with Crippen molar-refractivity contribution in [2.24, 2.45) is 0 Å². The highest BCUT2D eigenvalue weighted by atomic mass is 19.1. The number of aromatic amines is 1. The van der Waals surface area contributed by atoms with Gasteiger partial charge in [0.2, 0.25) is 0 Å². The molecule has 33 heavy (non-hydrogen) atoms. The van der Waals surface area contributed by atoms with Gasteiger partial charge in [-0.2, -0.15) is 0 Å². The lowest BCUT2D eigenvalue weighted by atomic mass is 10.1. The summed E-state index contributed by atoms with van der Waals surface area (Å²) >= 11 is 0. The maximum Gasteiger partial charge on any atom is 0.127 e. The standard InChI is InChI=1S/C27H28F2N4/c28-24-6-3-20(4-7-24)18-33(14-13-32-11-1-2-12-32)19-23-15-21(5-8-25(23)29)26-16-22-9-10-30-27(22)17-31-26/h3-10,15-17,30H,1-2,11-14,18-19H2. The SMILES string of the molecule is Fc1ccc(CN(CCN2CCCC2)Cc2cc(-c3cc4cc[nH]c4cn3)ccc2F)cc1. The van der Waals surface area contributed by atoms with E-state index in [1.165, 1.54) is 31.0 Å². The van der Waals surface area contributed by atoms with E-state index < -0.39 is 0 Å². The van der Waals surface area contributed by atoms with Gasteiger partial charge >= 0.3 is 0 Å². The van der Waals surface area contributed by atoms with Crippen LogP contribution in [-0.2, 0) is 13.1 Å². The van der Waals surface area contributed by atoms with Crippen molar-refractivity contribution < 1.29 is 8.78 Å². The van der Waals surface area contributed by atoms with E-state index in [0.717, 1.165) is 53.9 Å². The molecular formula is C27H28F2N4. The third-order valence-electron chi connectivity index (χ3n) is 6.42. The lowest BCUT2D eigenvalue weighted by molar-refractivity contribution is 0.210. The summed E-state index contributed by atoms with van der Waals surface area (Å²) in [7, 11) is 0. The molecule has 0 atom stereocenters. The van der Waals surface area contributed by atoms with Crippen molar-refractivity contribution in [3.8, 4) is 11.3 Å². The van der Waals surface area contributed by atoms with Crippen molar-refractivity contribution in [2.75, 3.05) is 26.2 Å². The third-order valence-corrected chi connectivity index (χ3v) is 6.42. The fraction of sp³-hybridized carbons (Fsp3) is 0.296. The molecule has 4 nitrogen and oxygen atoms in total. The number of hydrogen-bond acceptors (Lipinski definition) is 3. The number of H-pyrrole nitrogens is 1. The van der Waals surface area contributed by atoms with Crippen LogP contribution in [0.4, 0.5) is 8.78 Å². The average Bonchev–Trinajstić information content (AvgIpc) is 3.52. The van der Waals surface area contributed by atoms with Gasteiger partial charge in [0.25, 0.3) is 0 Å². The molecule has 5 rings (SSSR count). The molecule has 0 aliphatic carbocycles. The quantitative estimate of drug-likeness (QED) is 0.382. The van der Waals surface area contributed by atoms with Crippen LogP contribution >= 0.6 is 0 Å². The second kappa shape index (κ2) is 9.81. The topological polar surface area (TPSA) is 35.2 Å². The van der Waals surface area contributed by atoms with E-state index in [4.69, 9.17) is 0 Å². The average molecular weight is 447 g/mol. The number of nitrogens with zero attached hydrogens (tertiary/aromatic N) is 3. The summed E-state index contributed by atoms with van der Waals surface area (Å²) in [5.41, 5.74) is 4.37. The summed E-state index contributed by atoms with van der Waals surface area (Å²) < 4.78 is 28.3. The number of rotatable bonds is 8. The normalized spacial score (nSPS) is 14.5. The molecule has 4 aromatic rings. The first-order valence-electron chi connectivity index (χ1n) is 11.6. The van der Waals surface area contributed by atoms with E-state index in [1.807, 2.05) is 30.6 Å². The smallest absolute Gasteiger partial charge is 0.127 e. The van der Waals surface area contributed by atoms with Crippen LogP contribution in [0.3, 0.4) is 0 Å². The number of likely N-dealkylation sites (tertiary alicyclic amines) is 1. The predicted molar refractivity (Wildman–Crippen MR) is 128 cm³/mol. The molecule has 170 valence electrons. The van der Waals surface area contributed by atoms with Gasteiger partial charge in [-0.1, -0.05) is 12.1 Å². The Morgan fingerprint density at radius 2 is 1.76 bits per heavy atom. The lowest BCUT2D eigenvalue weighted by Gasteiger charge is -2.26. The van der Waals surface area contributed by atoms with Crippen molar-refractivity contribution in [1.29, 1.82) is 0 Å². The summed E-state index contributed by atoms with van der Waals surface area (Å²) in [5.74, 6) is -0.459. The van der Waals surface area contributed by atoms with Gasteiger partial charge in [0.15, 0.2) is 0 Å². The summed E-state index contributed by atoms with van der Waals surface area (Å²) in [5, 5.41) is 1.08. The summed E-state index contributed by atoms with van der Waals surface area (Å²) in [4.78, 5) is 12.4. The number of pyridine rings is 1. The summed E-state index contributed by atoms with van der Waals surface area (Å²) in [6, 6.07) is 15.8. The van der Waals surface area contributed by atoms with Crippen LogP contribution < -0.4 is 0 Å². The highest BCUT2D eigenvalue weighted by molar-refractivity contribution is 5.82. The van der Waals surface area contributed by atoms with Gasteiger partial charge in [-0.3, -0.25) is 9.88 Å². The highest BCUT2D eigenvalue weighted by Gasteiger charge is 2.16. The van der Waals surface area contributed by atoms with E-state index >= 15 is 0 Å². The van der Waals surface area contributed by atoms with Crippen molar-refractivity contribution in [2.45, 2.75) is 25.9 Å². The Bertz CT molecular complexity index is 1210. The van der Waals surface area contributed by atoms with E-state index in [2.05, 4.69) is 19.8 Å². The molecule has 6 heteroatoms. The van der Waals surface area contributed by atoms with Crippen LogP contribution in [0.2, 0.25) is 0 Å². The van der Waals surface area contributed by atoms with Gasteiger partial charge in [0, 0.05) is 48.9 Å². The molecule has 0 spiro atoms. The minimum absolute atomic E-state index is 0.216. The van der Waals surface area contributed by atoms with Gasteiger partial charge in [-0.05, 0) is 74.0 Å². The molecule has 1 aliphatic heterocycles. The Labute approximate surface area is 192 Å². The monoisotopic (exact) mass is 446 g/mol. The number of aromatic nitrogens is 2. The first kappa shape index (κ1) is 21.7. The Kier molecular flexibility index (Phi) is 6.46. The maximum absolute atomic E-state index is 14.9. The van der Waals surface area contributed by atoms with Gasteiger partial charge in [0.05, 0.1) is 17.4 Å². The van der Waals surface area contributed by atoms with Crippen LogP contribution in [-0.4, -0.2) is 45.9 Å². The molecule has 0 saturated carbocycles. The fourth-order valence-corrected chi connectivity index (χ4v) is 4.56. The second-order valence-corrected chi connectivity index (χ2v) is 8.83. The molecule has 3 heterocycles. The zero-order valence-electron chi connectivity index (χ0n) is 18.6. The molecule has 1 N–H and O–H groups in total. The molecule has 2 aromatic heterocycles. The van der Waals surface area contributed by atoms with Crippen LogP contribution in [0.1, 0.15) is 24.0 Å². The maximum atomic E-state index is 14.9. The van der Waals surface area contributed by atoms with Crippen LogP contribution in [0.25, 0.3) is 22.2 Å². The predicted octanol–water partition coefficient (Wildman–Crippen LogP) is 5.61. The molecule has 0 unspecified atom stereocenters. The number of halogens is 2. The van der Waals surface area contributed by atoms with E-state index in [1.54, 1.807) is 18.2 Å². The van der Waals surface area contributed by atoms with Crippen LogP contribution in [0.5, 0.6) is 0 Å². The molecule has 2 aromatic carbocycles. The van der Waals surface area contributed by atoms with Crippen LogP contribution in [0, 0.1) is 11.6 Å². The van der Waals surface area contributed by atoms with Crippen molar-refractivity contribution in [3.63, 3.8) is 0 Å². The van der Waals surface area contributed by atoms with Gasteiger partial charge in [-0.15, -0.1) is 0 Å². The molecular weight excluding hydrogens is 418 g/mol. The molecule has 0 radical (unpaired) electrons. The fourth-order valence-electron chi connectivity index (χ4n) is 4.56. The Morgan fingerprint density at radius 1 is 0.939 bits per heavy atom. The first-order chi connectivity index (χ1) is 16.1. The number of nitrogens with one attached hydrogen (secondary N) is 1. The van der Waals surface area contributed by atoms with Crippen molar-refractivity contribution >= 4 is 10.9 Å². The Hall–Kier alpha value is -3.09. The molecule has 1 saturated heterocycles. The minimum Gasteiger partial charge on any atom is -0.360 e. The zero-order chi connectivity index (χ0) is 22.6. The van der Waals surface area contributed by atoms with Gasteiger partial charge in [-0.25, -0.2) is 8.78 Å². The second-order valence-electron chi connectivity index (χ2n) is 8.83. The molecule has 0 amide bonds. The minimum atomic E-state index is -0.243.